The molecule has 96 valence electrons. The summed E-state index contributed by atoms with van der Waals surface area (Å²) in [6, 6.07) is 14.0. The van der Waals surface area contributed by atoms with E-state index in [-0.39, 0.29) is 0 Å². The number of rotatable bonds is 2. The lowest BCUT2D eigenvalue weighted by atomic mass is 10.0. The third kappa shape index (κ3) is 2.88. The van der Waals surface area contributed by atoms with Crippen LogP contribution in [0.15, 0.2) is 48.5 Å². The number of benzene rings is 2. The molecule has 0 radical (unpaired) electrons. The molecule has 0 aliphatic heterocycles. The standard InChI is InChI=1S/C16H14O3/c1-11-7-6-8-12(2)14(11)16(18)19-15(17)13-9-4-3-5-10-13/h3-10H,1-2H3. The van der Waals surface area contributed by atoms with Gasteiger partial charge in [-0.1, -0.05) is 36.4 Å². The third-order valence-electron chi connectivity index (χ3n) is 2.88. The highest BCUT2D eigenvalue weighted by molar-refractivity contribution is 6.03. The molecule has 3 heteroatoms. The first kappa shape index (κ1) is 13.0. The summed E-state index contributed by atoms with van der Waals surface area (Å²) in [5.74, 6) is -1.24. The monoisotopic (exact) mass is 254 g/mol. The van der Waals surface area contributed by atoms with E-state index in [1.165, 1.54) is 0 Å². The van der Waals surface area contributed by atoms with Crippen molar-refractivity contribution in [2.75, 3.05) is 0 Å². The van der Waals surface area contributed by atoms with Crippen LogP contribution >= 0.6 is 0 Å². The van der Waals surface area contributed by atoms with Crippen molar-refractivity contribution in [2.24, 2.45) is 0 Å². The van der Waals surface area contributed by atoms with Crippen molar-refractivity contribution >= 4 is 11.9 Å². The first-order valence-corrected chi connectivity index (χ1v) is 5.97. The molecule has 2 aromatic rings. The Hall–Kier alpha value is -2.42. The third-order valence-corrected chi connectivity index (χ3v) is 2.88. The Morgan fingerprint density at radius 1 is 0.789 bits per heavy atom. The number of aryl methyl sites for hydroxylation is 2. The lowest BCUT2D eigenvalue weighted by Crippen LogP contribution is -2.15. The molecule has 0 bridgehead atoms. The van der Waals surface area contributed by atoms with E-state index in [1.807, 2.05) is 32.0 Å². The van der Waals surface area contributed by atoms with Crippen LogP contribution in [0.25, 0.3) is 0 Å². The minimum Gasteiger partial charge on any atom is -0.386 e. The topological polar surface area (TPSA) is 43.4 Å². The molecule has 0 amide bonds. The molecule has 19 heavy (non-hydrogen) atoms. The maximum Gasteiger partial charge on any atom is 0.346 e. The second kappa shape index (κ2) is 5.48. The maximum absolute atomic E-state index is 12.0. The van der Waals surface area contributed by atoms with Gasteiger partial charge in [0.1, 0.15) is 0 Å². The lowest BCUT2D eigenvalue weighted by Gasteiger charge is -2.08. The highest BCUT2D eigenvalue weighted by atomic mass is 16.6. The zero-order chi connectivity index (χ0) is 13.8. The summed E-state index contributed by atoms with van der Waals surface area (Å²) in [6.07, 6.45) is 0. The Morgan fingerprint density at radius 2 is 1.37 bits per heavy atom. The van der Waals surface area contributed by atoms with Gasteiger partial charge in [-0.25, -0.2) is 9.59 Å². The predicted molar refractivity (Wildman–Crippen MR) is 72.1 cm³/mol. The van der Waals surface area contributed by atoms with Crippen LogP contribution in [0.5, 0.6) is 0 Å². The molecular formula is C16H14O3. The van der Waals surface area contributed by atoms with Gasteiger partial charge in [0.2, 0.25) is 0 Å². The van der Waals surface area contributed by atoms with Gasteiger partial charge in [0.25, 0.3) is 0 Å². The summed E-state index contributed by atoms with van der Waals surface area (Å²) in [4.78, 5) is 23.8. The van der Waals surface area contributed by atoms with Gasteiger partial charge in [-0.2, -0.15) is 0 Å². The van der Waals surface area contributed by atoms with Crippen LogP contribution in [-0.4, -0.2) is 11.9 Å². The van der Waals surface area contributed by atoms with E-state index in [1.54, 1.807) is 30.3 Å². The second-order valence-corrected chi connectivity index (χ2v) is 4.31. The van der Waals surface area contributed by atoms with E-state index in [2.05, 4.69) is 0 Å². The van der Waals surface area contributed by atoms with E-state index < -0.39 is 11.9 Å². The van der Waals surface area contributed by atoms with Crippen LogP contribution in [0.2, 0.25) is 0 Å². The van der Waals surface area contributed by atoms with Gasteiger partial charge in [-0.05, 0) is 37.1 Å². The van der Waals surface area contributed by atoms with E-state index in [9.17, 15) is 9.59 Å². The van der Waals surface area contributed by atoms with Crippen LogP contribution in [0.1, 0.15) is 31.8 Å². The zero-order valence-corrected chi connectivity index (χ0v) is 10.8. The molecule has 0 N–H and O–H groups in total. The molecule has 0 aromatic heterocycles. The fourth-order valence-electron chi connectivity index (χ4n) is 1.90. The molecule has 0 atom stereocenters. The smallest absolute Gasteiger partial charge is 0.346 e. The Bertz CT molecular complexity index is 595. The number of ether oxygens (including phenoxy) is 1. The second-order valence-electron chi connectivity index (χ2n) is 4.31. The summed E-state index contributed by atoms with van der Waals surface area (Å²) in [6.45, 7) is 3.63. The Kier molecular flexibility index (Phi) is 3.76. The summed E-state index contributed by atoms with van der Waals surface area (Å²) in [5.41, 5.74) is 2.41. The molecule has 0 aliphatic carbocycles. The highest BCUT2D eigenvalue weighted by Gasteiger charge is 2.18. The molecule has 0 spiro atoms. The molecule has 3 nitrogen and oxygen atoms in total. The molecule has 0 saturated heterocycles. The van der Waals surface area contributed by atoms with Crippen LogP contribution in [0, 0.1) is 13.8 Å². The number of carbonyl (C=O) groups excluding carboxylic acids is 2. The Balaban J connectivity index is 2.21. The van der Waals surface area contributed by atoms with Crippen molar-refractivity contribution in [1.82, 2.24) is 0 Å². The minimum absolute atomic E-state index is 0.363. The van der Waals surface area contributed by atoms with Gasteiger partial charge in [-0.15, -0.1) is 0 Å². The van der Waals surface area contributed by atoms with E-state index in [4.69, 9.17) is 4.74 Å². The average molecular weight is 254 g/mol. The minimum atomic E-state index is -0.631. The molecule has 0 aliphatic rings. The number of hydrogen-bond donors (Lipinski definition) is 0. The molecule has 0 heterocycles. The zero-order valence-electron chi connectivity index (χ0n) is 10.8. The largest absolute Gasteiger partial charge is 0.386 e. The van der Waals surface area contributed by atoms with Crippen molar-refractivity contribution in [3.05, 3.63) is 70.8 Å². The average Bonchev–Trinajstić information content (AvgIpc) is 2.39. The maximum atomic E-state index is 12.0. The van der Waals surface area contributed by atoms with Crippen LogP contribution < -0.4 is 0 Å². The van der Waals surface area contributed by atoms with Crippen LogP contribution in [-0.2, 0) is 4.74 Å². The van der Waals surface area contributed by atoms with Gasteiger partial charge in [0, 0.05) is 0 Å². The quantitative estimate of drug-likeness (QED) is 0.610. The van der Waals surface area contributed by atoms with E-state index in [0.29, 0.717) is 11.1 Å². The Labute approximate surface area is 111 Å². The summed E-state index contributed by atoms with van der Waals surface area (Å²) >= 11 is 0. The molecule has 0 saturated carbocycles. The van der Waals surface area contributed by atoms with Gasteiger partial charge in [0.05, 0.1) is 11.1 Å². The van der Waals surface area contributed by atoms with Gasteiger partial charge in [0.15, 0.2) is 0 Å². The molecule has 2 rings (SSSR count). The SMILES string of the molecule is Cc1cccc(C)c1C(=O)OC(=O)c1ccccc1. The van der Waals surface area contributed by atoms with Gasteiger partial charge < -0.3 is 4.74 Å². The fourth-order valence-corrected chi connectivity index (χ4v) is 1.90. The lowest BCUT2D eigenvalue weighted by molar-refractivity contribution is 0.0397. The Morgan fingerprint density at radius 3 is 1.95 bits per heavy atom. The van der Waals surface area contributed by atoms with Gasteiger partial charge in [-0.3, -0.25) is 0 Å². The van der Waals surface area contributed by atoms with Crippen molar-refractivity contribution in [3.8, 4) is 0 Å². The number of carbonyl (C=O) groups is 2. The van der Waals surface area contributed by atoms with Gasteiger partial charge >= 0.3 is 11.9 Å². The van der Waals surface area contributed by atoms with Crippen LogP contribution in [0.3, 0.4) is 0 Å². The van der Waals surface area contributed by atoms with Crippen molar-refractivity contribution < 1.29 is 14.3 Å². The normalized spacial score (nSPS) is 10.0. The van der Waals surface area contributed by atoms with Crippen molar-refractivity contribution in [1.29, 1.82) is 0 Å². The van der Waals surface area contributed by atoms with Crippen LogP contribution in [0.4, 0.5) is 0 Å². The van der Waals surface area contributed by atoms with E-state index in [0.717, 1.165) is 11.1 Å². The predicted octanol–water partition coefficient (Wildman–Crippen LogP) is 3.30. The first-order chi connectivity index (χ1) is 9.09. The fraction of sp³-hybridized carbons (Fsp3) is 0.125. The molecule has 0 unspecified atom stereocenters. The van der Waals surface area contributed by atoms with Crippen molar-refractivity contribution in [2.45, 2.75) is 13.8 Å². The summed E-state index contributed by atoms with van der Waals surface area (Å²) < 4.78 is 4.91. The first-order valence-electron chi connectivity index (χ1n) is 5.97. The molecule has 2 aromatic carbocycles. The molecular weight excluding hydrogens is 240 g/mol. The number of esters is 2. The molecule has 0 fully saturated rings. The highest BCUT2D eigenvalue weighted by Crippen LogP contribution is 2.15. The number of hydrogen-bond acceptors (Lipinski definition) is 3. The summed E-state index contributed by atoms with van der Waals surface area (Å²) in [7, 11) is 0. The van der Waals surface area contributed by atoms with Crippen molar-refractivity contribution in [3.63, 3.8) is 0 Å². The summed E-state index contributed by atoms with van der Waals surface area (Å²) in [5, 5.41) is 0. The van der Waals surface area contributed by atoms with E-state index >= 15 is 0 Å².